The average Bonchev–Trinajstić information content (AvgIpc) is 3.03. The lowest BCUT2D eigenvalue weighted by molar-refractivity contribution is -0.122. The highest BCUT2D eigenvalue weighted by molar-refractivity contribution is 8.15. The first-order chi connectivity index (χ1) is 13.5. The van der Waals surface area contributed by atoms with Crippen molar-refractivity contribution in [2.45, 2.75) is 11.7 Å². The Hall–Kier alpha value is -3.33. The molecule has 2 aromatic carbocycles. The lowest BCUT2D eigenvalue weighted by Gasteiger charge is -2.08. The summed E-state index contributed by atoms with van der Waals surface area (Å²) in [6.07, 6.45) is 1.39. The van der Waals surface area contributed by atoms with Gasteiger partial charge in [0.2, 0.25) is 11.8 Å². The molecule has 1 aliphatic rings. The van der Waals surface area contributed by atoms with E-state index in [0.29, 0.717) is 22.2 Å². The number of carbonyl (C=O) groups excluding carboxylic acids is 2. The minimum Gasteiger partial charge on any atom is -0.507 e. The number of nitrogens with one attached hydrogen (secondary N) is 2. The van der Waals surface area contributed by atoms with Crippen LogP contribution in [0.15, 0.2) is 58.7 Å². The number of anilines is 1. The predicted molar refractivity (Wildman–Crippen MR) is 109 cm³/mol. The van der Waals surface area contributed by atoms with Gasteiger partial charge in [-0.1, -0.05) is 23.9 Å². The van der Waals surface area contributed by atoms with E-state index in [1.807, 2.05) is 0 Å². The first-order valence-electron chi connectivity index (χ1n) is 8.35. The lowest BCUT2D eigenvalue weighted by atomic mass is 10.2. The van der Waals surface area contributed by atoms with Gasteiger partial charge in [0.05, 0.1) is 13.3 Å². The Labute approximate surface area is 165 Å². The van der Waals surface area contributed by atoms with E-state index >= 15 is 0 Å². The fourth-order valence-electron chi connectivity index (χ4n) is 2.38. The first-order valence-corrected chi connectivity index (χ1v) is 9.23. The van der Waals surface area contributed by atoms with Crippen LogP contribution in [0.2, 0.25) is 0 Å². The van der Waals surface area contributed by atoms with Crippen molar-refractivity contribution < 1.29 is 19.4 Å². The van der Waals surface area contributed by atoms with E-state index in [9.17, 15) is 14.7 Å². The van der Waals surface area contributed by atoms with Crippen molar-refractivity contribution in [3.8, 4) is 11.5 Å². The molecule has 9 heteroatoms. The molecule has 1 heterocycles. The van der Waals surface area contributed by atoms with Gasteiger partial charge in [0.25, 0.3) is 0 Å². The third-order valence-corrected chi connectivity index (χ3v) is 4.88. The normalized spacial score (nSPS) is 17.7. The van der Waals surface area contributed by atoms with Crippen molar-refractivity contribution in [2.24, 2.45) is 10.2 Å². The molecule has 0 aliphatic carbocycles. The number of hydrogen-bond donors (Lipinski definition) is 3. The molecule has 3 rings (SSSR count). The molecule has 1 atom stereocenters. The van der Waals surface area contributed by atoms with Crippen LogP contribution >= 0.6 is 11.8 Å². The van der Waals surface area contributed by atoms with E-state index in [-0.39, 0.29) is 24.0 Å². The van der Waals surface area contributed by atoms with Crippen LogP contribution in [0, 0.1) is 0 Å². The van der Waals surface area contributed by atoms with Crippen LogP contribution < -0.4 is 15.4 Å². The molecule has 0 spiro atoms. The fourth-order valence-corrected chi connectivity index (χ4v) is 3.31. The summed E-state index contributed by atoms with van der Waals surface area (Å²) < 4.78 is 5.07. The van der Waals surface area contributed by atoms with E-state index in [2.05, 4.69) is 20.8 Å². The van der Waals surface area contributed by atoms with Gasteiger partial charge >= 0.3 is 0 Å². The zero-order chi connectivity index (χ0) is 19.9. The van der Waals surface area contributed by atoms with Gasteiger partial charge in [-0.25, -0.2) is 0 Å². The monoisotopic (exact) mass is 398 g/mol. The van der Waals surface area contributed by atoms with Crippen LogP contribution in [0.25, 0.3) is 0 Å². The molecule has 0 radical (unpaired) electrons. The molecule has 28 heavy (non-hydrogen) atoms. The summed E-state index contributed by atoms with van der Waals surface area (Å²) in [5.74, 6) is 0.194. The maximum Gasteiger partial charge on any atom is 0.240 e. The van der Waals surface area contributed by atoms with Crippen molar-refractivity contribution >= 4 is 40.6 Å². The number of methoxy groups -OCH3 is 1. The number of hydrogen-bond acceptors (Lipinski definition) is 7. The zero-order valence-electron chi connectivity index (χ0n) is 15.0. The molecule has 1 fully saturated rings. The zero-order valence-corrected chi connectivity index (χ0v) is 15.8. The molecule has 2 amide bonds. The number of rotatable bonds is 6. The topological polar surface area (TPSA) is 112 Å². The van der Waals surface area contributed by atoms with Crippen molar-refractivity contribution in [3.63, 3.8) is 0 Å². The summed E-state index contributed by atoms with van der Waals surface area (Å²) >= 11 is 1.14. The number of thioether (sulfide) groups is 1. The molecule has 3 N–H and O–H groups in total. The average molecular weight is 398 g/mol. The van der Waals surface area contributed by atoms with E-state index in [4.69, 9.17) is 4.74 Å². The highest BCUT2D eigenvalue weighted by Crippen LogP contribution is 2.23. The lowest BCUT2D eigenvalue weighted by Crippen LogP contribution is -2.28. The number of ether oxygens (including phenoxy) is 1. The smallest absolute Gasteiger partial charge is 0.240 e. The Morgan fingerprint density at radius 1 is 1.29 bits per heavy atom. The SMILES string of the molecule is COc1ccc(NC(=O)CC2S/C(=N/N=C/c3ccccc3O)NC2=O)cc1. The second-order valence-electron chi connectivity index (χ2n) is 5.79. The van der Waals surface area contributed by atoms with Crippen molar-refractivity contribution in [3.05, 3.63) is 54.1 Å². The Kier molecular flexibility index (Phi) is 6.28. The fraction of sp³-hybridized carbons (Fsp3) is 0.158. The number of benzene rings is 2. The molecule has 1 saturated heterocycles. The van der Waals surface area contributed by atoms with E-state index in [0.717, 1.165) is 11.8 Å². The summed E-state index contributed by atoms with van der Waals surface area (Å²) in [5, 5.41) is 22.5. The van der Waals surface area contributed by atoms with Crippen molar-refractivity contribution in [1.29, 1.82) is 0 Å². The van der Waals surface area contributed by atoms with Crippen molar-refractivity contribution in [2.75, 3.05) is 12.4 Å². The quantitative estimate of drug-likeness (QED) is 0.511. The Morgan fingerprint density at radius 3 is 2.75 bits per heavy atom. The number of amidine groups is 1. The number of para-hydroxylation sites is 1. The van der Waals surface area contributed by atoms with Crippen LogP contribution in [0.3, 0.4) is 0 Å². The van der Waals surface area contributed by atoms with Gasteiger partial charge in [-0.3, -0.25) is 9.59 Å². The van der Waals surface area contributed by atoms with Crippen molar-refractivity contribution in [1.82, 2.24) is 5.32 Å². The highest BCUT2D eigenvalue weighted by Gasteiger charge is 2.32. The van der Waals surface area contributed by atoms with Crippen LogP contribution in [0.4, 0.5) is 5.69 Å². The summed E-state index contributed by atoms with van der Waals surface area (Å²) in [6, 6.07) is 13.6. The minimum atomic E-state index is -0.586. The summed E-state index contributed by atoms with van der Waals surface area (Å²) in [5.41, 5.74) is 1.13. The molecule has 2 aromatic rings. The molecular weight excluding hydrogens is 380 g/mol. The van der Waals surface area contributed by atoms with Crippen LogP contribution in [-0.2, 0) is 9.59 Å². The van der Waals surface area contributed by atoms with Crippen LogP contribution in [0.1, 0.15) is 12.0 Å². The Balaban J connectivity index is 1.55. The maximum atomic E-state index is 12.2. The molecule has 0 bridgehead atoms. The third kappa shape index (κ3) is 5.10. The summed E-state index contributed by atoms with van der Waals surface area (Å²) in [6.45, 7) is 0. The number of aromatic hydroxyl groups is 1. The largest absolute Gasteiger partial charge is 0.507 e. The highest BCUT2D eigenvalue weighted by atomic mass is 32.2. The molecule has 0 aromatic heterocycles. The molecular formula is C19H18N4O4S. The number of amides is 2. The molecule has 8 nitrogen and oxygen atoms in total. The molecule has 1 unspecified atom stereocenters. The van der Waals surface area contributed by atoms with Gasteiger partial charge in [-0.15, -0.1) is 5.10 Å². The second kappa shape index (κ2) is 9.05. The van der Waals surface area contributed by atoms with Gasteiger partial charge in [0.1, 0.15) is 16.7 Å². The summed E-state index contributed by atoms with van der Waals surface area (Å²) in [4.78, 5) is 24.2. The number of nitrogens with zero attached hydrogens (tertiary/aromatic N) is 2. The van der Waals surface area contributed by atoms with Gasteiger partial charge in [-0.05, 0) is 36.4 Å². The molecule has 0 saturated carbocycles. The standard InChI is InChI=1S/C19H18N4O4S/c1-27-14-8-6-13(7-9-14)21-17(25)10-16-18(26)22-19(28-16)23-20-11-12-4-2-3-5-15(12)24/h2-9,11,16,24H,10H2,1H3,(H,21,25)(H,22,23,26)/b20-11+. The van der Waals surface area contributed by atoms with E-state index in [1.165, 1.54) is 12.3 Å². The molecule has 144 valence electrons. The Bertz CT molecular complexity index is 928. The first kappa shape index (κ1) is 19.4. The van der Waals surface area contributed by atoms with Crippen LogP contribution in [-0.4, -0.2) is 40.7 Å². The van der Waals surface area contributed by atoms with E-state index in [1.54, 1.807) is 49.6 Å². The number of carbonyl (C=O) groups is 2. The van der Waals surface area contributed by atoms with Gasteiger partial charge < -0.3 is 20.5 Å². The second-order valence-corrected chi connectivity index (χ2v) is 6.98. The minimum absolute atomic E-state index is 0.00470. The van der Waals surface area contributed by atoms with Crippen LogP contribution in [0.5, 0.6) is 11.5 Å². The number of phenols is 1. The van der Waals surface area contributed by atoms with Gasteiger partial charge in [0, 0.05) is 17.7 Å². The maximum absolute atomic E-state index is 12.2. The van der Waals surface area contributed by atoms with E-state index < -0.39 is 5.25 Å². The molecule has 1 aliphatic heterocycles. The predicted octanol–water partition coefficient (Wildman–Crippen LogP) is 2.35. The third-order valence-electron chi connectivity index (χ3n) is 3.80. The van der Waals surface area contributed by atoms with Gasteiger partial charge in [0.15, 0.2) is 5.17 Å². The summed E-state index contributed by atoms with van der Waals surface area (Å²) in [7, 11) is 1.56. The van der Waals surface area contributed by atoms with Gasteiger partial charge in [-0.2, -0.15) is 5.10 Å². The Morgan fingerprint density at radius 2 is 2.04 bits per heavy atom. The number of phenolic OH excluding ortho intramolecular Hbond substituents is 1.